The molecule has 2 rings (SSSR count). The number of carbonyl (C=O) groups is 1. The van der Waals surface area contributed by atoms with E-state index in [1.54, 1.807) is 0 Å². The van der Waals surface area contributed by atoms with Gasteiger partial charge < -0.3 is 5.73 Å². The van der Waals surface area contributed by atoms with E-state index in [0.29, 0.717) is 5.13 Å². The Balaban J connectivity index is 1.95. The summed E-state index contributed by atoms with van der Waals surface area (Å²) >= 11 is 1.07. The highest BCUT2D eigenvalue weighted by Gasteiger charge is 2.30. The van der Waals surface area contributed by atoms with E-state index in [2.05, 4.69) is 20.1 Å². The Morgan fingerprint density at radius 1 is 1.57 bits per heavy atom. The highest BCUT2D eigenvalue weighted by molar-refractivity contribution is 7.09. The second-order valence-corrected chi connectivity index (χ2v) is 4.09. The van der Waals surface area contributed by atoms with Gasteiger partial charge in [-0.3, -0.25) is 10.1 Å². The average molecular weight is 213 g/mol. The monoisotopic (exact) mass is 213 g/mol. The number of hydrogen-bond acceptors (Lipinski definition) is 6. The van der Waals surface area contributed by atoms with Crippen LogP contribution in [0.3, 0.4) is 0 Å². The van der Waals surface area contributed by atoms with Crippen LogP contribution in [-0.4, -0.2) is 26.7 Å². The minimum atomic E-state index is -0.0844. The van der Waals surface area contributed by atoms with Crippen LogP contribution in [0.4, 0.5) is 5.13 Å². The number of anilines is 1. The van der Waals surface area contributed by atoms with Crippen molar-refractivity contribution in [3.8, 4) is 0 Å². The molecule has 0 spiro atoms. The molecule has 0 aliphatic heterocycles. The van der Waals surface area contributed by atoms with Gasteiger partial charge in [0.15, 0.2) is 0 Å². The van der Waals surface area contributed by atoms with Gasteiger partial charge >= 0.3 is 0 Å². The van der Waals surface area contributed by atoms with Crippen molar-refractivity contribution in [1.29, 1.82) is 0 Å². The summed E-state index contributed by atoms with van der Waals surface area (Å²) in [5.74, 6) is -0.146. The van der Waals surface area contributed by atoms with Gasteiger partial charge in [-0.25, -0.2) is 0 Å². The van der Waals surface area contributed by atoms with Gasteiger partial charge in [0.05, 0.1) is 5.92 Å². The number of hydrogen-bond donors (Lipinski definition) is 2. The number of nitrogens with zero attached hydrogens (tertiary/aromatic N) is 3. The summed E-state index contributed by atoms with van der Waals surface area (Å²) < 4.78 is 3.56. The van der Waals surface area contributed by atoms with Crippen molar-refractivity contribution < 1.29 is 4.79 Å². The summed E-state index contributed by atoms with van der Waals surface area (Å²) in [5, 5.41) is 10.1. The molecule has 0 bridgehead atoms. The second kappa shape index (κ2) is 3.97. The minimum absolute atomic E-state index is 0.0177. The molecule has 1 saturated carbocycles. The van der Waals surface area contributed by atoms with E-state index in [1.807, 2.05) is 0 Å². The maximum absolute atomic E-state index is 11.6. The van der Waals surface area contributed by atoms with Gasteiger partial charge in [-0.2, -0.15) is 0 Å². The minimum Gasteiger partial charge on any atom is -0.327 e. The lowest BCUT2D eigenvalue weighted by Crippen LogP contribution is -2.34. The van der Waals surface area contributed by atoms with Crippen LogP contribution in [0.25, 0.3) is 0 Å². The first-order valence-corrected chi connectivity index (χ1v) is 5.26. The largest absolute Gasteiger partial charge is 0.327 e. The Morgan fingerprint density at radius 3 is 3.00 bits per heavy atom. The lowest BCUT2D eigenvalue weighted by molar-refractivity contribution is -0.120. The first-order chi connectivity index (χ1) is 6.77. The summed E-state index contributed by atoms with van der Waals surface area (Å²) in [5.41, 5.74) is 5.80. The second-order valence-electron chi connectivity index (χ2n) is 3.36. The first-order valence-electron chi connectivity index (χ1n) is 4.49. The molecule has 0 radical (unpaired) electrons. The smallest absolute Gasteiger partial charge is 0.231 e. The van der Waals surface area contributed by atoms with Crippen molar-refractivity contribution in [1.82, 2.24) is 14.8 Å². The highest BCUT2D eigenvalue weighted by Crippen LogP contribution is 2.25. The molecule has 6 nitrogen and oxygen atoms in total. The van der Waals surface area contributed by atoms with Gasteiger partial charge in [0.25, 0.3) is 0 Å². The third kappa shape index (κ3) is 1.88. The maximum Gasteiger partial charge on any atom is 0.231 e. The molecule has 2 unspecified atom stereocenters. The Kier molecular flexibility index (Phi) is 2.69. The van der Waals surface area contributed by atoms with Crippen LogP contribution in [0.2, 0.25) is 0 Å². The van der Waals surface area contributed by atoms with Crippen LogP contribution < -0.4 is 11.1 Å². The molecule has 1 aromatic rings. The fourth-order valence-corrected chi connectivity index (χ4v) is 2.06. The molecule has 1 aliphatic carbocycles. The first kappa shape index (κ1) is 9.47. The van der Waals surface area contributed by atoms with Crippen LogP contribution in [0.15, 0.2) is 0 Å². The van der Waals surface area contributed by atoms with Gasteiger partial charge in [-0.15, -0.1) is 0 Å². The summed E-state index contributed by atoms with van der Waals surface area (Å²) in [6.45, 7) is 0. The fraction of sp³-hybridized carbons (Fsp3) is 0.714. The normalized spacial score (nSPS) is 26.4. The Labute approximate surface area is 85.0 Å². The molecular formula is C7H11N5OS. The van der Waals surface area contributed by atoms with E-state index >= 15 is 0 Å². The molecular weight excluding hydrogens is 202 g/mol. The van der Waals surface area contributed by atoms with Gasteiger partial charge in [-0.05, 0) is 18.1 Å². The van der Waals surface area contributed by atoms with Crippen molar-refractivity contribution in [3.63, 3.8) is 0 Å². The van der Waals surface area contributed by atoms with E-state index in [9.17, 15) is 4.79 Å². The third-order valence-electron chi connectivity index (χ3n) is 2.44. The number of nitrogens with two attached hydrogens (primary N) is 1. The standard InChI is InChI=1S/C7H11N5OS/c8-5-3-1-2-4(5)6(13)9-7-10-11-12-14-7/h4-5H,1-3,8H2,(H,9,10,12,13). The summed E-state index contributed by atoms with van der Waals surface area (Å²) in [6, 6.07) is -0.0177. The van der Waals surface area contributed by atoms with Crippen molar-refractivity contribution in [3.05, 3.63) is 0 Å². The van der Waals surface area contributed by atoms with Crippen LogP contribution in [0.1, 0.15) is 19.3 Å². The van der Waals surface area contributed by atoms with Gasteiger partial charge in [0, 0.05) is 17.6 Å². The van der Waals surface area contributed by atoms with Crippen molar-refractivity contribution in [2.75, 3.05) is 5.32 Å². The van der Waals surface area contributed by atoms with Crippen molar-refractivity contribution >= 4 is 22.6 Å². The third-order valence-corrected chi connectivity index (χ3v) is 2.95. The maximum atomic E-state index is 11.6. The molecule has 0 aromatic carbocycles. The number of aromatic nitrogens is 3. The molecule has 7 heteroatoms. The zero-order valence-corrected chi connectivity index (χ0v) is 8.33. The summed E-state index contributed by atoms with van der Waals surface area (Å²) in [7, 11) is 0. The fourth-order valence-electron chi connectivity index (χ4n) is 1.69. The molecule has 1 heterocycles. The lowest BCUT2D eigenvalue weighted by Gasteiger charge is -2.12. The molecule has 2 atom stereocenters. The topological polar surface area (TPSA) is 93.8 Å². The lowest BCUT2D eigenvalue weighted by atomic mass is 10.0. The van der Waals surface area contributed by atoms with E-state index in [-0.39, 0.29) is 17.9 Å². The van der Waals surface area contributed by atoms with Gasteiger partial charge in [-0.1, -0.05) is 16.0 Å². The molecule has 3 N–H and O–H groups in total. The molecule has 1 amide bonds. The molecule has 1 fully saturated rings. The zero-order valence-electron chi connectivity index (χ0n) is 7.51. The molecule has 76 valence electrons. The van der Waals surface area contributed by atoms with Crippen LogP contribution in [-0.2, 0) is 4.79 Å². The van der Waals surface area contributed by atoms with E-state index in [1.165, 1.54) is 0 Å². The van der Waals surface area contributed by atoms with Crippen LogP contribution >= 0.6 is 11.5 Å². The summed E-state index contributed by atoms with van der Waals surface area (Å²) in [6.07, 6.45) is 2.80. The van der Waals surface area contributed by atoms with Crippen LogP contribution in [0, 0.1) is 5.92 Å². The van der Waals surface area contributed by atoms with Gasteiger partial charge in [0.2, 0.25) is 11.0 Å². The zero-order chi connectivity index (χ0) is 9.97. The average Bonchev–Trinajstić information content (AvgIpc) is 2.75. The van der Waals surface area contributed by atoms with Crippen molar-refractivity contribution in [2.24, 2.45) is 11.7 Å². The predicted octanol–water partition coefficient (Wildman–Crippen LogP) is -0.00100. The number of nitrogens with one attached hydrogen (secondary N) is 1. The predicted molar refractivity (Wildman–Crippen MR) is 51.7 cm³/mol. The molecule has 14 heavy (non-hydrogen) atoms. The van der Waals surface area contributed by atoms with E-state index < -0.39 is 0 Å². The van der Waals surface area contributed by atoms with E-state index in [4.69, 9.17) is 5.73 Å². The van der Waals surface area contributed by atoms with Gasteiger partial charge in [0.1, 0.15) is 0 Å². The Bertz CT molecular complexity index is 314. The SMILES string of the molecule is NC1CCCC1C(=O)Nc1nnns1. The highest BCUT2D eigenvalue weighted by atomic mass is 32.1. The number of rotatable bonds is 2. The molecule has 1 aliphatic rings. The molecule has 0 saturated heterocycles. The van der Waals surface area contributed by atoms with Crippen molar-refractivity contribution in [2.45, 2.75) is 25.3 Å². The Morgan fingerprint density at radius 2 is 2.43 bits per heavy atom. The number of amides is 1. The Hall–Kier alpha value is -1.08. The summed E-state index contributed by atoms with van der Waals surface area (Å²) in [4.78, 5) is 11.6. The number of carbonyl (C=O) groups excluding carboxylic acids is 1. The van der Waals surface area contributed by atoms with Crippen LogP contribution in [0.5, 0.6) is 0 Å². The van der Waals surface area contributed by atoms with E-state index in [0.717, 1.165) is 30.8 Å². The molecule has 1 aromatic heterocycles. The quantitative estimate of drug-likeness (QED) is 0.721.